The van der Waals surface area contributed by atoms with Crippen molar-refractivity contribution in [2.24, 2.45) is 0 Å². The summed E-state index contributed by atoms with van der Waals surface area (Å²) in [5.74, 6) is -1.04. The zero-order valence-electron chi connectivity index (χ0n) is 13.4. The maximum absolute atomic E-state index is 13.0. The molecule has 0 unspecified atom stereocenters. The third kappa shape index (κ3) is 4.79. The van der Waals surface area contributed by atoms with Gasteiger partial charge in [0, 0.05) is 29.6 Å². The van der Waals surface area contributed by atoms with Crippen molar-refractivity contribution < 1.29 is 23.2 Å². The van der Waals surface area contributed by atoms with Gasteiger partial charge >= 0.3 is 5.97 Å². The molecule has 138 valence electrons. The smallest absolute Gasteiger partial charge is 0.303 e. The van der Waals surface area contributed by atoms with Crippen LogP contribution in [0.4, 0.5) is 11.4 Å². The lowest BCUT2D eigenvalue weighted by molar-refractivity contribution is -0.385. The number of carboxylic acids is 1. The van der Waals surface area contributed by atoms with Crippen LogP contribution in [0.3, 0.4) is 0 Å². The molecule has 0 atom stereocenters. The number of nitro benzene ring substituents is 1. The van der Waals surface area contributed by atoms with E-state index in [1.165, 1.54) is 18.2 Å². The number of halogens is 1. The average molecular weight is 443 g/mol. The van der Waals surface area contributed by atoms with Gasteiger partial charge in [0.15, 0.2) is 0 Å². The summed E-state index contributed by atoms with van der Waals surface area (Å²) in [6, 6.07) is 11.3. The van der Waals surface area contributed by atoms with E-state index in [9.17, 15) is 23.3 Å². The molecule has 10 heteroatoms. The molecule has 0 aromatic heterocycles. The third-order valence-corrected chi connectivity index (χ3v) is 5.78. The van der Waals surface area contributed by atoms with Gasteiger partial charge in [0.2, 0.25) is 0 Å². The van der Waals surface area contributed by atoms with Crippen LogP contribution in [-0.4, -0.2) is 31.0 Å². The normalized spacial score (nSPS) is 11.1. The molecular formula is C16H15BrN2O6S. The number of sulfonamides is 1. The number of nitro groups is 1. The molecular weight excluding hydrogens is 428 g/mol. The molecule has 1 N–H and O–H groups in total. The minimum Gasteiger partial charge on any atom is -0.481 e. The van der Waals surface area contributed by atoms with Crippen LogP contribution in [0.25, 0.3) is 0 Å². The first kappa shape index (κ1) is 19.9. The number of benzene rings is 2. The summed E-state index contributed by atoms with van der Waals surface area (Å²) >= 11 is 3.27. The summed E-state index contributed by atoms with van der Waals surface area (Å²) in [5, 5.41) is 19.7. The number of aliphatic carboxylic acids is 1. The van der Waals surface area contributed by atoms with Crippen molar-refractivity contribution in [3.63, 3.8) is 0 Å². The van der Waals surface area contributed by atoms with Gasteiger partial charge in [-0.15, -0.1) is 0 Å². The van der Waals surface area contributed by atoms with Gasteiger partial charge in [-0.05, 0) is 30.7 Å². The van der Waals surface area contributed by atoms with Crippen LogP contribution in [0.15, 0.2) is 57.9 Å². The highest BCUT2D eigenvalue weighted by Crippen LogP contribution is 2.28. The Morgan fingerprint density at radius 2 is 1.88 bits per heavy atom. The number of carbonyl (C=O) groups is 1. The molecule has 2 aromatic carbocycles. The van der Waals surface area contributed by atoms with Crippen molar-refractivity contribution in [1.82, 2.24) is 0 Å². The van der Waals surface area contributed by atoms with Crippen LogP contribution in [0.1, 0.15) is 12.8 Å². The Morgan fingerprint density at radius 3 is 2.50 bits per heavy atom. The predicted molar refractivity (Wildman–Crippen MR) is 98.6 cm³/mol. The van der Waals surface area contributed by atoms with E-state index in [0.717, 1.165) is 10.4 Å². The molecule has 0 aliphatic carbocycles. The Kier molecular flexibility index (Phi) is 6.32. The molecule has 0 radical (unpaired) electrons. The molecule has 8 nitrogen and oxygen atoms in total. The number of non-ortho nitro benzene ring substituents is 1. The number of hydrogen-bond acceptors (Lipinski definition) is 5. The minimum absolute atomic E-state index is 0.0756. The summed E-state index contributed by atoms with van der Waals surface area (Å²) in [6.07, 6.45) is -0.106. The summed E-state index contributed by atoms with van der Waals surface area (Å²) in [5.41, 5.74) is -0.0120. The highest BCUT2D eigenvalue weighted by Gasteiger charge is 2.26. The Labute approximate surface area is 158 Å². The molecule has 0 saturated carbocycles. The first-order chi connectivity index (χ1) is 12.2. The molecule has 0 heterocycles. The van der Waals surface area contributed by atoms with Gasteiger partial charge < -0.3 is 5.11 Å². The van der Waals surface area contributed by atoms with Crippen LogP contribution in [0.2, 0.25) is 0 Å². The van der Waals surface area contributed by atoms with E-state index in [0.29, 0.717) is 10.2 Å². The molecule has 2 rings (SSSR count). The molecule has 2 aromatic rings. The van der Waals surface area contributed by atoms with Gasteiger partial charge in [0.1, 0.15) is 0 Å². The fourth-order valence-corrected chi connectivity index (χ4v) is 4.20. The average Bonchev–Trinajstić information content (AvgIpc) is 2.58. The maximum Gasteiger partial charge on any atom is 0.303 e. The topological polar surface area (TPSA) is 118 Å². The van der Waals surface area contributed by atoms with Crippen molar-refractivity contribution in [3.8, 4) is 0 Å². The van der Waals surface area contributed by atoms with Crippen molar-refractivity contribution in [3.05, 3.63) is 63.1 Å². The van der Waals surface area contributed by atoms with E-state index in [2.05, 4.69) is 15.9 Å². The van der Waals surface area contributed by atoms with Crippen molar-refractivity contribution >= 4 is 43.3 Å². The van der Waals surface area contributed by atoms with Crippen LogP contribution >= 0.6 is 15.9 Å². The van der Waals surface area contributed by atoms with Crippen LogP contribution in [-0.2, 0) is 14.8 Å². The molecule has 0 aliphatic heterocycles. The number of anilines is 1. The van der Waals surface area contributed by atoms with Gasteiger partial charge in [-0.3, -0.25) is 19.2 Å². The van der Waals surface area contributed by atoms with Crippen LogP contribution in [0.5, 0.6) is 0 Å². The van der Waals surface area contributed by atoms with E-state index in [1.807, 2.05) is 0 Å². The quantitative estimate of drug-likeness (QED) is 0.494. The zero-order valence-corrected chi connectivity index (χ0v) is 15.8. The lowest BCUT2D eigenvalue weighted by Gasteiger charge is -2.24. The highest BCUT2D eigenvalue weighted by molar-refractivity contribution is 9.10. The fourth-order valence-electron chi connectivity index (χ4n) is 2.28. The molecule has 0 amide bonds. The number of carboxylic acid groups (broad SMARTS) is 1. The lowest BCUT2D eigenvalue weighted by atomic mass is 10.3. The fraction of sp³-hybridized carbons (Fsp3) is 0.188. The zero-order chi connectivity index (χ0) is 19.3. The second-order valence-electron chi connectivity index (χ2n) is 5.31. The van der Waals surface area contributed by atoms with E-state index in [1.54, 1.807) is 24.3 Å². The number of hydrogen-bond donors (Lipinski definition) is 1. The van der Waals surface area contributed by atoms with Gasteiger partial charge in [-0.1, -0.05) is 28.1 Å². The standard InChI is InChI=1S/C16H15BrN2O6S/c17-12-4-1-5-13(10-12)18(9-3-8-16(20)21)26(24,25)15-7-2-6-14(11-15)19(22)23/h1-2,4-7,10-11H,3,8-9H2,(H,20,21). The SMILES string of the molecule is O=C(O)CCCN(c1cccc(Br)c1)S(=O)(=O)c1cccc([N+](=O)[O-])c1. The summed E-state index contributed by atoms with van der Waals surface area (Å²) in [6.45, 7) is -0.0756. The Bertz CT molecular complexity index is 932. The molecule has 0 saturated heterocycles. The lowest BCUT2D eigenvalue weighted by Crippen LogP contribution is -2.32. The number of nitrogens with zero attached hydrogens (tertiary/aromatic N) is 2. The van der Waals surface area contributed by atoms with Crippen molar-refractivity contribution in [2.45, 2.75) is 17.7 Å². The second-order valence-corrected chi connectivity index (χ2v) is 8.09. The molecule has 0 bridgehead atoms. The monoisotopic (exact) mass is 442 g/mol. The predicted octanol–water partition coefficient (Wildman–Crippen LogP) is 3.42. The molecule has 0 fully saturated rings. The van der Waals surface area contributed by atoms with Gasteiger partial charge in [-0.2, -0.15) is 0 Å². The third-order valence-electron chi connectivity index (χ3n) is 3.46. The van der Waals surface area contributed by atoms with E-state index in [4.69, 9.17) is 5.11 Å². The molecule has 0 spiro atoms. The summed E-state index contributed by atoms with van der Waals surface area (Å²) in [4.78, 5) is 20.8. The first-order valence-electron chi connectivity index (χ1n) is 7.46. The van der Waals surface area contributed by atoms with Crippen molar-refractivity contribution in [2.75, 3.05) is 10.8 Å². The summed E-state index contributed by atoms with van der Waals surface area (Å²) in [7, 11) is -4.11. The Balaban J connectivity index is 2.46. The van der Waals surface area contributed by atoms with Gasteiger partial charge in [0.25, 0.3) is 15.7 Å². The molecule has 0 aliphatic rings. The second kappa shape index (κ2) is 8.28. The van der Waals surface area contributed by atoms with E-state index < -0.39 is 20.9 Å². The van der Waals surface area contributed by atoms with Crippen LogP contribution in [0, 0.1) is 10.1 Å². The highest BCUT2D eigenvalue weighted by atomic mass is 79.9. The Morgan fingerprint density at radius 1 is 1.19 bits per heavy atom. The minimum atomic E-state index is -4.11. The maximum atomic E-state index is 13.0. The van der Waals surface area contributed by atoms with E-state index in [-0.39, 0.29) is 30.0 Å². The first-order valence-corrected chi connectivity index (χ1v) is 9.69. The summed E-state index contributed by atoms with van der Waals surface area (Å²) < 4.78 is 27.8. The van der Waals surface area contributed by atoms with Crippen molar-refractivity contribution in [1.29, 1.82) is 0 Å². The van der Waals surface area contributed by atoms with Crippen LogP contribution < -0.4 is 4.31 Å². The molecule has 26 heavy (non-hydrogen) atoms. The number of rotatable bonds is 8. The largest absolute Gasteiger partial charge is 0.481 e. The Hall–Kier alpha value is -2.46. The van der Waals surface area contributed by atoms with Gasteiger partial charge in [0.05, 0.1) is 15.5 Å². The van der Waals surface area contributed by atoms with E-state index >= 15 is 0 Å². The van der Waals surface area contributed by atoms with Gasteiger partial charge in [-0.25, -0.2) is 8.42 Å².